The average molecular weight is 502 g/mol. The zero-order valence-electron chi connectivity index (χ0n) is 17.2. The lowest BCUT2D eigenvalue weighted by atomic mass is 10.2. The minimum atomic E-state index is -3.61. The smallest absolute Gasteiger partial charge is 0.240 e. The van der Waals surface area contributed by atoms with E-state index in [1.165, 1.54) is 0 Å². The van der Waals surface area contributed by atoms with Crippen LogP contribution in [0.5, 0.6) is 0 Å². The van der Waals surface area contributed by atoms with Gasteiger partial charge in [0.2, 0.25) is 10.0 Å². The van der Waals surface area contributed by atoms with Crippen molar-refractivity contribution >= 4 is 53.7 Å². The third-order valence-corrected chi connectivity index (χ3v) is 7.20. The van der Waals surface area contributed by atoms with Gasteiger partial charge >= 0.3 is 0 Å². The van der Waals surface area contributed by atoms with E-state index in [4.69, 9.17) is 10.7 Å². The number of sulfonamides is 1. The molecule has 0 spiro atoms. The number of halogens is 1. The standard InChI is InChI=1S/C22H24BrN5O2S/c1-2-3-8-19-27-20-21(17-6-4-5-7-18(17)26-22(20)24)28(19)14-13-25-31(29,30)16-11-9-15(23)10-12-16/h4-7,9-12,25H,2-3,8,13-14H2,1H3,(H2,24,26). The molecule has 0 fully saturated rings. The summed E-state index contributed by atoms with van der Waals surface area (Å²) in [6.45, 7) is 2.81. The SMILES string of the molecule is CCCCc1nc2c(N)nc3ccccc3c2n1CCNS(=O)(=O)c1ccc(Br)cc1. The Morgan fingerprint density at radius 3 is 2.58 bits per heavy atom. The normalized spacial score (nSPS) is 12.1. The van der Waals surface area contributed by atoms with Gasteiger partial charge in [0, 0.05) is 29.4 Å². The van der Waals surface area contributed by atoms with Gasteiger partial charge in [0.1, 0.15) is 11.3 Å². The number of fused-ring (bicyclic) bond motifs is 3. The van der Waals surface area contributed by atoms with E-state index in [0.717, 1.165) is 46.0 Å². The molecule has 0 bridgehead atoms. The van der Waals surface area contributed by atoms with Gasteiger partial charge in [-0.3, -0.25) is 0 Å². The van der Waals surface area contributed by atoms with Gasteiger partial charge in [-0.05, 0) is 36.8 Å². The number of unbranched alkanes of at least 4 members (excludes halogenated alkanes) is 1. The molecule has 9 heteroatoms. The van der Waals surface area contributed by atoms with Crippen molar-refractivity contribution in [2.75, 3.05) is 12.3 Å². The van der Waals surface area contributed by atoms with E-state index >= 15 is 0 Å². The number of imidazole rings is 1. The number of anilines is 1. The molecular weight excluding hydrogens is 478 g/mol. The summed E-state index contributed by atoms with van der Waals surface area (Å²) in [6.07, 6.45) is 2.81. The van der Waals surface area contributed by atoms with E-state index in [2.05, 4.69) is 37.1 Å². The van der Waals surface area contributed by atoms with Crippen LogP contribution < -0.4 is 10.5 Å². The van der Waals surface area contributed by atoms with Crippen LogP contribution in [0.4, 0.5) is 5.82 Å². The molecule has 0 amide bonds. The van der Waals surface area contributed by atoms with Crippen LogP contribution in [-0.4, -0.2) is 29.5 Å². The molecule has 162 valence electrons. The number of aromatic nitrogens is 3. The summed E-state index contributed by atoms with van der Waals surface area (Å²) in [5, 5.41) is 0.956. The van der Waals surface area contributed by atoms with Crippen LogP contribution in [0, 0.1) is 0 Å². The Morgan fingerprint density at radius 1 is 1.10 bits per heavy atom. The van der Waals surface area contributed by atoms with Gasteiger partial charge in [0.25, 0.3) is 0 Å². The molecule has 31 heavy (non-hydrogen) atoms. The topological polar surface area (TPSA) is 103 Å². The van der Waals surface area contributed by atoms with E-state index < -0.39 is 10.0 Å². The number of para-hydroxylation sites is 1. The van der Waals surface area contributed by atoms with Gasteiger partial charge in [0.15, 0.2) is 5.82 Å². The number of pyridine rings is 1. The van der Waals surface area contributed by atoms with Crippen molar-refractivity contribution in [3.63, 3.8) is 0 Å². The summed E-state index contributed by atoms with van der Waals surface area (Å²) in [5.41, 5.74) is 8.58. The van der Waals surface area contributed by atoms with E-state index in [1.54, 1.807) is 24.3 Å². The Hall–Kier alpha value is -2.49. The van der Waals surface area contributed by atoms with Crippen LogP contribution in [0.15, 0.2) is 57.9 Å². The van der Waals surface area contributed by atoms with Crippen molar-refractivity contribution in [3.8, 4) is 0 Å². The van der Waals surface area contributed by atoms with Gasteiger partial charge in [-0.2, -0.15) is 0 Å². The number of nitrogens with one attached hydrogen (secondary N) is 1. The number of aryl methyl sites for hydroxylation is 1. The number of benzene rings is 2. The highest BCUT2D eigenvalue weighted by Crippen LogP contribution is 2.29. The maximum Gasteiger partial charge on any atom is 0.240 e. The first-order chi connectivity index (χ1) is 14.9. The van der Waals surface area contributed by atoms with Crippen LogP contribution in [-0.2, 0) is 23.0 Å². The number of hydrogen-bond donors (Lipinski definition) is 2. The van der Waals surface area contributed by atoms with E-state index in [0.29, 0.717) is 17.9 Å². The zero-order valence-corrected chi connectivity index (χ0v) is 19.6. The Labute approximate surface area is 189 Å². The fraction of sp³-hybridized carbons (Fsp3) is 0.273. The van der Waals surface area contributed by atoms with E-state index in [-0.39, 0.29) is 11.4 Å². The highest BCUT2D eigenvalue weighted by atomic mass is 79.9. The molecular formula is C22H24BrN5O2S. The average Bonchev–Trinajstić information content (AvgIpc) is 3.12. The van der Waals surface area contributed by atoms with Crippen LogP contribution in [0.1, 0.15) is 25.6 Å². The first-order valence-electron chi connectivity index (χ1n) is 10.2. The molecule has 0 aliphatic heterocycles. The largest absolute Gasteiger partial charge is 0.382 e. The summed E-state index contributed by atoms with van der Waals surface area (Å²) in [5.74, 6) is 1.28. The lowest BCUT2D eigenvalue weighted by Gasteiger charge is -2.12. The maximum absolute atomic E-state index is 12.7. The predicted octanol–water partition coefficient (Wildman–Crippen LogP) is 4.25. The molecule has 2 aromatic heterocycles. The predicted molar refractivity (Wildman–Crippen MR) is 127 cm³/mol. The Balaban J connectivity index is 1.69. The summed E-state index contributed by atoms with van der Waals surface area (Å²) in [4.78, 5) is 9.50. The van der Waals surface area contributed by atoms with Crippen molar-refractivity contribution in [3.05, 3.63) is 58.8 Å². The lowest BCUT2D eigenvalue weighted by Crippen LogP contribution is -2.28. The van der Waals surface area contributed by atoms with Crippen molar-refractivity contribution in [1.29, 1.82) is 0 Å². The van der Waals surface area contributed by atoms with Crippen LogP contribution in [0.2, 0.25) is 0 Å². The quantitative estimate of drug-likeness (QED) is 0.375. The second-order valence-corrected chi connectivity index (χ2v) is 10.0. The number of nitrogens with zero attached hydrogens (tertiary/aromatic N) is 3. The molecule has 0 atom stereocenters. The summed E-state index contributed by atoms with van der Waals surface area (Å²) in [7, 11) is -3.61. The molecule has 0 aliphatic rings. The highest BCUT2D eigenvalue weighted by Gasteiger charge is 2.18. The van der Waals surface area contributed by atoms with E-state index in [1.807, 2.05) is 24.3 Å². The summed E-state index contributed by atoms with van der Waals surface area (Å²) >= 11 is 3.33. The fourth-order valence-corrected chi connectivity index (χ4v) is 4.95. The molecule has 0 saturated heterocycles. The molecule has 3 N–H and O–H groups in total. The molecule has 0 aliphatic carbocycles. The second-order valence-electron chi connectivity index (χ2n) is 7.35. The van der Waals surface area contributed by atoms with Gasteiger partial charge in [-0.15, -0.1) is 0 Å². The Kier molecular flexibility index (Phi) is 6.27. The number of hydrogen-bond acceptors (Lipinski definition) is 5. The molecule has 4 rings (SSSR count). The van der Waals surface area contributed by atoms with Gasteiger partial charge in [-0.25, -0.2) is 23.1 Å². The summed E-state index contributed by atoms with van der Waals surface area (Å²) < 4.78 is 31.0. The molecule has 0 unspecified atom stereocenters. The first-order valence-corrected chi connectivity index (χ1v) is 12.5. The maximum atomic E-state index is 12.7. The minimum Gasteiger partial charge on any atom is -0.382 e. The van der Waals surface area contributed by atoms with Crippen LogP contribution in [0.3, 0.4) is 0 Å². The summed E-state index contributed by atoms with van der Waals surface area (Å²) in [6, 6.07) is 14.4. The van der Waals surface area contributed by atoms with Gasteiger partial charge in [-0.1, -0.05) is 47.5 Å². The van der Waals surface area contributed by atoms with Gasteiger partial charge < -0.3 is 10.3 Å². The van der Waals surface area contributed by atoms with Gasteiger partial charge in [0.05, 0.1) is 15.9 Å². The minimum absolute atomic E-state index is 0.233. The third kappa shape index (κ3) is 4.44. The van der Waals surface area contributed by atoms with E-state index in [9.17, 15) is 8.42 Å². The van der Waals surface area contributed by atoms with Crippen molar-refractivity contribution in [2.45, 2.75) is 37.6 Å². The second kappa shape index (κ2) is 8.94. The molecule has 7 nitrogen and oxygen atoms in total. The van der Waals surface area contributed by atoms with Crippen molar-refractivity contribution < 1.29 is 8.42 Å². The molecule has 2 aromatic carbocycles. The molecule has 0 saturated carbocycles. The number of nitrogens with two attached hydrogens (primary N) is 1. The van der Waals surface area contributed by atoms with Crippen molar-refractivity contribution in [2.24, 2.45) is 0 Å². The Morgan fingerprint density at radius 2 is 1.84 bits per heavy atom. The molecule has 4 aromatic rings. The highest BCUT2D eigenvalue weighted by molar-refractivity contribution is 9.10. The monoisotopic (exact) mass is 501 g/mol. The number of rotatable bonds is 8. The molecule has 2 heterocycles. The number of nitrogen functional groups attached to an aromatic ring is 1. The van der Waals surface area contributed by atoms with Crippen LogP contribution in [0.25, 0.3) is 21.9 Å². The van der Waals surface area contributed by atoms with Crippen molar-refractivity contribution in [1.82, 2.24) is 19.3 Å². The zero-order chi connectivity index (χ0) is 22.0. The van der Waals surface area contributed by atoms with Crippen LogP contribution >= 0.6 is 15.9 Å². The molecule has 0 radical (unpaired) electrons. The Bertz CT molecular complexity index is 1330. The third-order valence-electron chi connectivity index (χ3n) is 5.19. The fourth-order valence-electron chi connectivity index (χ4n) is 3.66. The first kappa shape index (κ1) is 21.7. The lowest BCUT2D eigenvalue weighted by molar-refractivity contribution is 0.570.